The average Bonchev–Trinajstić information content (AvgIpc) is 3.29. The molecule has 0 unspecified atom stereocenters. The molecule has 34 heavy (non-hydrogen) atoms. The van der Waals surface area contributed by atoms with Crippen LogP contribution in [0, 0.1) is 0 Å². The maximum absolute atomic E-state index is 10.6. The van der Waals surface area contributed by atoms with E-state index in [1.54, 1.807) is 35.6 Å². The van der Waals surface area contributed by atoms with E-state index in [-0.39, 0.29) is 6.61 Å². The molecule has 0 atom stereocenters. The zero-order valence-electron chi connectivity index (χ0n) is 19.2. The van der Waals surface area contributed by atoms with Crippen LogP contribution >= 0.6 is 11.3 Å². The third-order valence-corrected chi connectivity index (χ3v) is 6.44. The fraction of sp³-hybridized carbons (Fsp3) is 0.250. The molecule has 0 saturated heterocycles. The van der Waals surface area contributed by atoms with Crippen LogP contribution in [0.25, 0.3) is 21.2 Å². The van der Waals surface area contributed by atoms with Crippen molar-refractivity contribution < 1.29 is 24.1 Å². The highest BCUT2D eigenvalue weighted by atomic mass is 32.1. The first kappa shape index (κ1) is 23.6. The number of carboxylic acid groups (broad SMARTS) is 1. The standard InChI is InChI=1S/C28H28O5S/c1-2-7-24-26(15-14-23-25(19-34-28(23)24)20-8-4-3-5-9-20)32-17-6-16-31-21-10-12-22(13-11-21)33-18-27(29)30/h3-5,8-15,19H,2,6-7,16-18H2,1H3,(H,29,30). The molecule has 5 nitrogen and oxygen atoms in total. The quantitative estimate of drug-likeness (QED) is 0.227. The zero-order chi connectivity index (χ0) is 23.8. The van der Waals surface area contributed by atoms with Gasteiger partial charge in [-0.15, -0.1) is 11.3 Å². The van der Waals surface area contributed by atoms with Gasteiger partial charge in [0.2, 0.25) is 0 Å². The molecule has 1 N–H and O–H groups in total. The lowest BCUT2D eigenvalue weighted by Gasteiger charge is -2.13. The number of carbonyl (C=O) groups is 1. The van der Waals surface area contributed by atoms with E-state index in [1.165, 1.54) is 26.8 Å². The van der Waals surface area contributed by atoms with Crippen LogP contribution < -0.4 is 14.2 Å². The fourth-order valence-electron chi connectivity index (χ4n) is 3.81. The Morgan fingerprint density at radius 3 is 2.29 bits per heavy atom. The third-order valence-electron chi connectivity index (χ3n) is 5.39. The number of thiophene rings is 1. The Bertz CT molecular complexity index is 1220. The lowest BCUT2D eigenvalue weighted by atomic mass is 10.0. The van der Waals surface area contributed by atoms with Gasteiger partial charge in [0.25, 0.3) is 0 Å². The lowest BCUT2D eigenvalue weighted by Crippen LogP contribution is -2.09. The summed E-state index contributed by atoms with van der Waals surface area (Å²) in [5.41, 5.74) is 3.80. The van der Waals surface area contributed by atoms with Gasteiger partial charge in [-0.3, -0.25) is 0 Å². The van der Waals surface area contributed by atoms with Crippen LogP contribution in [0.15, 0.2) is 72.1 Å². The van der Waals surface area contributed by atoms with Gasteiger partial charge in [0, 0.05) is 27.6 Å². The summed E-state index contributed by atoms with van der Waals surface area (Å²) in [4.78, 5) is 10.6. The Labute approximate surface area is 203 Å². The smallest absolute Gasteiger partial charge is 0.341 e. The minimum Gasteiger partial charge on any atom is -0.493 e. The summed E-state index contributed by atoms with van der Waals surface area (Å²) in [6.07, 6.45) is 2.79. The number of aryl methyl sites for hydroxylation is 1. The van der Waals surface area contributed by atoms with Gasteiger partial charge >= 0.3 is 5.97 Å². The van der Waals surface area contributed by atoms with Crippen LogP contribution in [-0.4, -0.2) is 30.9 Å². The first-order valence-electron chi connectivity index (χ1n) is 11.4. The first-order valence-corrected chi connectivity index (χ1v) is 12.3. The summed E-state index contributed by atoms with van der Waals surface area (Å²) >= 11 is 1.79. The molecule has 0 saturated carbocycles. The van der Waals surface area contributed by atoms with Crippen LogP contribution in [0.5, 0.6) is 17.2 Å². The van der Waals surface area contributed by atoms with E-state index in [9.17, 15) is 4.79 Å². The van der Waals surface area contributed by atoms with E-state index in [1.807, 2.05) is 6.07 Å². The van der Waals surface area contributed by atoms with Crippen LogP contribution in [0.2, 0.25) is 0 Å². The van der Waals surface area contributed by atoms with Gasteiger partial charge in [0.15, 0.2) is 6.61 Å². The molecule has 0 aliphatic heterocycles. The van der Waals surface area contributed by atoms with E-state index in [4.69, 9.17) is 19.3 Å². The highest BCUT2D eigenvalue weighted by molar-refractivity contribution is 7.18. The van der Waals surface area contributed by atoms with Crippen molar-refractivity contribution in [2.75, 3.05) is 19.8 Å². The third kappa shape index (κ3) is 5.88. The van der Waals surface area contributed by atoms with Gasteiger partial charge in [-0.1, -0.05) is 43.7 Å². The number of aliphatic carboxylic acids is 1. The molecule has 176 valence electrons. The molecule has 6 heteroatoms. The van der Waals surface area contributed by atoms with Crippen molar-refractivity contribution in [3.63, 3.8) is 0 Å². The summed E-state index contributed by atoms with van der Waals surface area (Å²) in [6.45, 7) is 2.93. The van der Waals surface area contributed by atoms with E-state index in [2.05, 4.69) is 48.7 Å². The molecule has 0 spiro atoms. The number of hydrogen-bond acceptors (Lipinski definition) is 5. The molecule has 1 aromatic heterocycles. The van der Waals surface area contributed by atoms with Crippen LogP contribution in [0.1, 0.15) is 25.3 Å². The summed E-state index contributed by atoms with van der Waals surface area (Å²) in [7, 11) is 0. The normalized spacial score (nSPS) is 10.9. The minimum atomic E-state index is -1.00. The van der Waals surface area contributed by atoms with Crippen LogP contribution in [0.4, 0.5) is 0 Å². The highest BCUT2D eigenvalue weighted by Crippen LogP contribution is 2.39. The summed E-state index contributed by atoms with van der Waals surface area (Å²) in [5, 5.41) is 12.2. The van der Waals surface area contributed by atoms with Crippen molar-refractivity contribution in [1.82, 2.24) is 0 Å². The maximum atomic E-state index is 10.6. The molecule has 1 heterocycles. The average molecular weight is 477 g/mol. The number of hydrogen-bond donors (Lipinski definition) is 1. The second-order valence-corrected chi connectivity index (χ2v) is 8.77. The van der Waals surface area contributed by atoms with E-state index in [0.29, 0.717) is 24.7 Å². The van der Waals surface area contributed by atoms with Gasteiger partial charge < -0.3 is 19.3 Å². The summed E-state index contributed by atoms with van der Waals surface area (Å²) in [6, 6.07) is 21.7. The SMILES string of the molecule is CCCc1c(OCCCOc2ccc(OCC(=O)O)cc2)ccc2c(-c3ccccc3)csc12. The van der Waals surface area contributed by atoms with E-state index < -0.39 is 5.97 Å². The molecule has 0 aliphatic carbocycles. The molecule has 0 fully saturated rings. The summed E-state index contributed by atoms with van der Waals surface area (Å²) < 4.78 is 18.4. The number of rotatable bonds is 12. The van der Waals surface area contributed by atoms with Gasteiger partial charge in [0.05, 0.1) is 13.2 Å². The molecule has 4 rings (SSSR count). The molecule has 0 amide bonds. The zero-order valence-corrected chi connectivity index (χ0v) is 20.0. The van der Waals surface area contributed by atoms with Gasteiger partial charge in [-0.25, -0.2) is 4.79 Å². The van der Waals surface area contributed by atoms with Gasteiger partial charge in [-0.2, -0.15) is 0 Å². The molecule has 3 aromatic carbocycles. The van der Waals surface area contributed by atoms with Gasteiger partial charge in [-0.05, 0) is 53.8 Å². The lowest BCUT2D eigenvalue weighted by molar-refractivity contribution is -0.139. The van der Waals surface area contributed by atoms with Crippen molar-refractivity contribution in [3.8, 4) is 28.4 Å². The fourth-order valence-corrected chi connectivity index (χ4v) is 4.96. The van der Waals surface area contributed by atoms with Crippen molar-refractivity contribution >= 4 is 27.4 Å². The largest absolute Gasteiger partial charge is 0.493 e. The predicted octanol–water partition coefficient (Wildman–Crippen LogP) is 6.83. The Balaban J connectivity index is 1.34. The first-order chi connectivity index (χ1) is 16.7. The second-order valence-electron chi connectivity index (χ2n) is 7.89. The predicted molar refractivity (Wildman–Crippen MR) is 136 cm³/mol. The number of ether oxygens (including phenoxy) is 3. The molecule has 0 bridgehead atoms. The molecule has 4 aromatic rings. The Kier molecular flexibility index (Phi) is 8.04. The second kappa shape index (κ2) is 11.6. The monoisotopic (exact) mass is 476 g/mol. The van der Waals surface area contributed by atoms with Crippen LogP contribution in [0.3, 0.4) is 0 Å². The Morgan fingerprint density at radius 2 is 1.59 bits per heavy atom. The number of fused-ring (bicyclic) bond motifs is 1. The van der Waals surface area contributed by atoms with E-state index >= 15 is 0 Å². The highest BCUT2D eigenvalue weighted by Gasteiger charge is 2.14. The van der Waals surface area contributed by atoms with E-state index in [0.717, 1.165) is 25.0 Å². The Hall–Kier alpha value is -3.51. The van der Waals surface area contributed by atoms with Crippen molar-refractivity contribution in [1.29, 1.82) is 0 Å². The molecular weight excluding hydrogens is 448 g/mol. The van der Waals surface area contributed by atoms with Crippen molar-refractivity contribution in [3.05, 3.63) is 77.7 Å². The minimum absolute atomic E-state index is 0.359. The van der Waals surface area contributed by atoms with Crippen LogP contribution in [-0.2, 0) is 11.2 Å². The molecule has 0 aliphatic rings. The molecule has 0 radical (unpaired) electrons. The summed E-state index contributed by atoms with van der Waals surface area (Å²) in [5.74, 6) is 1.16. The Morgan fingerprint density at radius 1 is 0.882 bits per heavy atom. The number of benzene rings is 3. The van der Waals surface area contributed by atoms with Crippen molar-refractivity contribution in [2.45, 2.75) is 26.2 Å². The number of carboxylic acids is 1. The topological polar surface area (TPSA) is 65.0 Å². The maximum Gasteiger partial charge on any atom is 0.341 e. The van der Waals surface area contributed by atoms with Crippen molar-refractivity contribution in [2.24, 2.45) is 0 Å². The molecular formula is C28H28O5S. The van der Waals surface area contributed by atoms with Gasteiger partial charge in [0.1, 0.15) is 17.2 Å².